The highest BCUT2D eigenvalue weighted by Crippen LogP contribution is 2.40. The molecule has 338 valence electrons. The van der Waals surface area contributed by atoms with Crippen LogP contribution in [-0.2, 0) is 46.4 Å². The minimum atomic E-state index is -1.37. The quantitative estimate of drug-likeness (QED) is 0.0700. The van der Waals surface area contributed by atoms with E-state index < -0.39 is 65.0 Å². The van der Waals surface area contributed by atoms with Gasteiger partial charge in [0.05, 0.1) is 12.3 Å². The number of ether oxygens (including phenoxy) is 2. The number of unbranched alkanes of at least 4 members (excludes halogenated alkanes) is 6. The van der Waals surface area contributed by atoms with Crippen molar-refractivity contribution in [2.24, 2.45) is 11.5 Å². The van der Waals surface area contributed by atoms with Gasteiger partial charge in [-0.3, -0.25) is 28.8 Å². The topological polar surface area (TPSA) is 247 Å². The van der Waals surface area contributed by atoms with Gasteiger partial charge in [-0.1, -0.05) is 68.8 Å². The predicted octanol–water partition coefficient (Wildman–Crippen LogP) is 2.56. The van der Waals surface area contributed by atoms with Crippen LogP contribution in [0.25, 0.3) is 11.1 Å². The molecule has 0 aliphatic carbocycles. The minimum absolute atomic E-state index is 0.000194. The van der Waals surface area contributed by atoms with Crippen LogP contribution in [0.2, 0.25) is 0 Å². The second-order valence-corrected chi connectivity index (χ2v) is 17.2. The molecule has 2 aromatic rings. The van der Waals surface area contributed by atoms with Crippen LogP contribution >= 0.6 is 0 Å². The molecule has 0 saturated heterocycles. The molecule has 1 aliphatic rings. The number of nitrogens with two attached hydrogens (primary N) is 2. The number of amides is 5. The lowest BCUT2D eigenvalue weighted by Crippen LogP contribution is -2.56. The number of hydrogen-bond donors (Lipinski definition) is 6. The van der Waals surface area contributed by atoms with Crippen molar-refractivity contribution in [3.63, 3.8) is 0 Å². The Labute approximate surface area is 363 Å². The number of rotatable bonds is 23. The molecule has 1 unspecified atom stereocenters. The van der Waals surface area contributed by atoms with E-state index in [-0.39, 0.29) is 63.0 Å². The molecule has 61 heavy (non-hydrogen) atoms. The summed E-state index contributed by atoms with van der Waals surface area (Å²) in [6, 6.07) is 4.54. The van der Waals surface area contributed by atoms with Crippen molar-refractivity contribution in [2.75, 3.05) is 45.4 Å². The second-order valence-electron chi connectivity index (χ2n) is 15.6. The fourth-order valence-corrected chi connectivity index (χ4v) is 7.49. The van der Waals surface area contributed by atoms with Crippen LogP contribution in [0.15, 0.2) is 36.4 Å². The Morgan fingerprint density at radius 2 is 1.51 bits per heavy atom. The Bertz CT molecular complexity index is 1800. The van der Waals surface area contributed by atoms with E-state index in [2.05, 4.69) is 28.2 Å². The van der Waals surface area contributed by atoms with Gasteiger partial charge in [0.2, 0.25) is 29.5 Å². The first kappa shape index (κ1) is 50.6. The molecule has 1 heterocycles. The summed E-state index contributed by atoms with van der Waals surface area (Å²) >= 11 is -1.29. The molecule has 3 rings (SSSR count). The molecule has 0 fully saturated rings. The Morgan fingerprint density at radius 1 is 0.902 bits per heavy atom. The third-order valence-electron chi connectivity index (χ3n) is 10.5. The largest absolute Gasteiger partial charge is 0.617 e. The summed E-state index contributed by atoms with van der Waals surface area (Å²) in [6.45, 7) is 7.19. The maximum atomic E-state index is 14.5. The molecule has 17 heteroatoms. The van der Waals surface area contributed by atoms with Crippen LogP contribution in [0.4, 0.5) is 0 Å². The molecule has 4 bridgehead atoms. The summed E-state index contributed by atoms with van der Waals surface area (Å²) in [6.07, 6.45) is 8.88. The van der Waals surface area contributed by atoms with Gasteiger partial charge in [0, 0.05) is 50.5 Å². The van der Waals surface area contributed by atoms with Crippen molar-refractivity contribution in [3.05, 3.63) is 47.5 Å². The van der Waals surface area contributed by atoms with E-state index in [1.165, 1.54) is 45.4 Å². The number of nitrogens with one attached hydrogen (secondary N) is 4. The molecule has 0 saturated carbocycles. The smallest absolute Gasteiger partial charge is 0.248 e. The number of carbonyl (C=O) groups excluding carboxylic acids is 6. The Kier molecular flexibility index (Phi) is 21.5. The van der Waals surface area contributed by atoms with Crippen LogP contribution in [0.1, 0.15) is 103 Å². The van der Waals surface area contributed by atoms with Crippen molar-refractivity contribution in [3.8, 4) is 22.6 Å². The highest BCUT2D eigenvalue weighted by Gasteiger charge is 2.36. The summed E-state index contributed by atoms with van der Waals surface area (Å²) in [5.74, 6) is -2.34. The van der Waals surface area contributed by atoms with Gasteiger partial charge in [0.1, 0.15) is 54.6 Å². The van der Waals surface area contributed by atoms with Crippen molar-refractivity contribution in [1.29, 1.82) is 0 Å². The van der Waals surface area contributed by atoms with Gasteiger partial charge >= 0.3 is 0 Å². The summed E-state index contributed by atoms with van der Waals surface area (Å²) in [5.41, 5.74) is 13.6. The molecular weight excluding hydrogens is 803 g/mol. The second kappa shape index (κ2) is 25.9. The van der Waals surface area contributed by atoms with Gasteiger partial charge in [-0.15, -0.1) is 0 Å². The molecule has 5 amide bonds. The van der Waals surface area contributed by atoms with Gasteiger partial charge in [0.15, 0.2) is 5.78 Å². The molecule has 2 aromatic carbocycles. The molecule has 0 aromatic heterocycles. The highest BCUT2D eigenvalue weighted by atomic mass is 32.2. The Balaban J connectivity index is 2.16. The molecule has 6 atom stereocenters. The zero-order chi connectivity index (χ0) is 45.1. The van der Waals surface area contributed by atoms with Gasteiger partial charge < -0.3 is 51.7 Å². The van der Waals surface area contributed by atoms with E-state index in [0.29, 0.717) is 40.2 Å². The van der Waals surface area contributed by atoms with E-state index in [1.807, 2.05) is 0 Å². The van der Waals surface area contributed by atoms with Crippen molar-refractivity contribution in [2.45, 2.75) is 122 Å². The van der Waals surface area contributed by atoms with Crippen LogP contribution in [0, 0.1) is 0 Å². The minimum Gasteiger partial charge on any atom is -0.617 e. The van der Waals surface area contributed by atoms with Crippen molar-refractivity contribution in [1.82, 2.24) is 26.2 Å². The zero-order valence-electron chi connectivity index (χ0n) is 36.6. The summed E-state index contributed by atoms with van der Waals surface area (Å²) < 4.78 is 24.5. The van der Waals surface area contributed by atoms with E-state index in [1.54, 1.807) is 36.4 Å². The Morgan fingerprint density at radius 3 is 2.11 bits per heavy atom. The Hall–Kier alpha value is -4.71. The number of carbonyl (C=O) groups is 6. The molecule has 16 nitrogen and oxygen atoms in total. The van der Waals surface area contributed by atoms with Crippen LogP contribution < -0.4 is 42.2 Å². The number of benzene rings is 2. The third-order valence-corrected chi connectivity index (χ3v) is 11.3. The van der Waals surface area contributed by atoms with Gasteiger partial charge in [-0.25, -0.2) is 0 Å². The number of ketones is 1. The first-order valence-corrected chi connectivity index (χ1v) is 23.0. The van der Waals surface area contributed by atoms with Crippen LogP contribution in [0.3, 0.4) is 0 Å². The van der Waals surface area contributed by atoms with Crippen molar-refractivity contribution >= 4 is 46.5 Å². The van der Waals surface area contributed by atoms with Gasteiger partial charge in [-0.2, -0.15) is 0 Å². The molecule has 0 spiro atoms. The first-order chi connectivity index (χ1) is 29.1. The van der Waals surface area contributed by atoms with Crippen LogP contribution in [0.5, 0.6) is 11.5 Å². The maximum Gasteiger partial charge on any atom is 0.248 e. The predicted molar refractivity (Wildman–Crippen MR) is 236 cm³/mol. The summed E-state index contributed by atoms with van der Waals surface area (Å²) in [7, 11) is 1.43. The van der Waals surface area contributed by atoms with Gasteiger partial charge in [-0.05, 0) is 62.6 Å². The van der Waals surface area contributed by atoms with Gasteiger partial charge in [0.25, 0.3) is 0 Å². The first-order valence-electron chi connectivity index (χ1n) is 21.3. The monoisotopic (exact) mass is 869 g/mol. The molecule has 0 radical (unpaired) electrons. The highest BCUT2D eigenvalue weighted by molar-refractivity contribution is 7.90. The van der Waals surface area contributed by atoms with Crippen molar-refractivity contribution < 1.29 is 42.8 Å². The lowest BCUT2D eigenvalue weighted by molar-refractivity contribution is -0.143. The molecular formula is C44H67N7O9S. The fraction of sp³-hybridized carbons (Fsp3) is 0.591. The SMILES string of the molecule is CCCCCCCCCC(=O)N[C@@H](CC[S+](C)[O-])C(=O)N(C)[C@@H]1C(=O)N[C@@H](C)C(=O)N[C@H](C(=O)N[C@@H](C)C(C)=O)Cc2ccc(OCCN)c(c2)-c2cc1ccc2OCCN. The standard InChI is InChI=1S/C44H67N7O9S/c1-7-8-9-10-11-12-13-14-39(53)49-35(19-24-61(6)58)44(57)51(5)40-32-16-18-38(60-23-21-46)34(27-32)33-25-31(15-17-37(33)59-22-20-45)26-36(42(55)47-28(2)30(4)52)50-41(54)29(3)48-43(40)56/h15-18,25,27-29,35-36,40H,7-14,19-24,26,45-46H2,1-6H3,(H,47,55)(H,48,56)(H,49,53)(H,50,54)/t28-,29-,35-,36-,40-,61?/m0/s1. The zero-order valence-corrected chi connectivity index (χ0v) is 37.5. The normalized spacial score (nSPS) is 18.0. The van der Waals surface area contributed by atoms with E-state index in [9.17, 15) is 33.3 Å². The maximum absolute atomic E-state index is 14.5. The fourth-order valence-electron chi connectivity index (χ4n) is 6.92. The summed E-state index contributed by atoms with van der Waals surface area (Å²) in [4.78, 5) is 83.0. The number of nitrogens with zero attached hydrogens (tertiary/aromatic N) is 1. The lowest BCUT2D eigenvalue weighted by atomic mass is 9.93. The number of Topliss-reactive ketones (excluding diaryl/α,β-unsaturated/α-hetero) is 1. The average Bonchev–Trinajstić information content (AvgIpc) is 3.22. The van der Waals surface area contributed by atoms with E-state index >= 15 is 0 Å². The molecule has 1 aliphatic heterocycles. The number of likely N-dealkylation sites (N-methyl/N-ethyl adjacent to an activating group) is 1. The molecule has 8 N–H and O–H groups in total. The number of hydrogen-bond acceptors (Lipinski definition) is 11. The third kappa shape index (κ3) is 15.9. The lowest BCUT2D eigenvalue weighted by Gasteiger charge is -2.32. The number of fused-ring (bicyclic) bond motifs is 5. The van der Waals surface area contributed by atoms with E-state index in [0.717, 1.165) is 32.1 Å². The summed E-state index contributed by atoms with van der Waals surface area (Å²) in [5, 5.41) is 11.0. The van der Waals surface area contributed by atoms with E-state index in [4.69, 9.17) is 20.9 Å². The average molecular weight is 870 g/mol. The van der Waals surface area contributed by atoms with Crippen LogP contribution in [-0.4, -0.2) is 114 Å².